The van der Waals surface area contributed by atoms with Gasteiger partial charge in [-0.25, -0.2) is 0 Å². The maximum absolute atomic E-state index is 6.08. The molecular formula is C15H13ClN-. The lowest BCUT2D eigenvalue weighted by atomic mass is 10.0. The molecule has 0 aromatic heterocycles. The molecule has 1 unspecified atom stereocenters. The number of benzene rings is 2. The minimum Gasteiger partial charge on any atom is -0.484 e. The monoisotopic (exact) mass is 242 g/mol. The molecule has 0 N–H and O–H groups in total. The molecule has 0 spiro atoms. The summed E-state index contributed by atoms with van der Waals surface area (Å²) < 4.78 is 0. The maximum Gasteiger partial charge on any atom is 0.114 e. The number of alkyl halides is 1. The summed E-state index contributed by atoms with van der Waals surface area (Å²) >= 11 is 6.08. The molecule has 0 radical (unpaired) electrons. The zero-order chi connectivity index (χ0) is 12.1. The van der Waals surface area contributed by atoms with E-state index >= 15 is 0 Å². The third-order valence-electron chi connectivity index (χ3n) is 2.54. The predicted molar refractivity (Wildman–Crippen MR) is 73.6 cm³/mol. The summed E-state index contributed by atoms with van der Waals surface area (Å²) in [4.78, 5) is 4.01. The molecule has 2 aromatic carbocycles. The SMILES string of the molecule is C[C-]=NC(Cl)c1ccc(-c2ccccc2)cc1. The van der Waals surface area contributed by atoms with E-state index in [-0.39, 0.29) is 5.50 Å². The smallest absolute Gasteiger partial charge is 0.114 e. The van der Waals surface area contributed by atoms with Gasteiger partial charge in [0.1, 0.15) is 5.50 Å². The number of halogens is 1. The molecule has 0 heterocycles. The molecule has 2 heteroatoms. The Hall–Kier alpha value is -1.60. The standard InChI is InChI=1S/C15H13ClN/c1-2-17-15(16)14-10-8-13(9-11-14)12-6-4-3-5-7-12/h3-11,15H,1H3/q-1. The van der Waals surface area contributed by atoms with Crippen molar-refractivity contribution in [3.63, 3.8) is 0 Å². The molecule has 1 nitrogen and oxygen atoms in total. The molecule has 0 aliphatic rings. The first kappa shape index (κ1) is 11.9. The number of hydrogen-bond acceptors (Lipinski definition) is 1. The van der Waals surface area contributed by atoms with Gasteiger partial charge in [0.25, 0.3) is 0 Å². The highest BCUT2D eigenvalue weighted by atomic mass is 35.5. The molecule has 86 valence electrons. The second kappa shape index (κ2) is 5.65. The summed E-state index contributed by atoms with van der Waals surface area (Å²) in [6.07, 6.45) is 2.71. The zero-order valence-corrected chi connectivity index (χ0v) is 10.4. The lowest BCUT2D eigenvalue weighted by Gasteiger charge is -2.10. The molecule has 0 aliphatic heterocycles. The lowest BCUT2D eigenvalue weighted by Crippen LogP contribution is -1.86. The van der Waals surface area contributed by atoms with Gasteiger partial charge >= 0.3 is 0 Å². The summed E-state index contributed by atoms with van der Waals surface area (Å²) in [6, 6.07) is 18.4. The van der Waals surface area contributed by atoms with Crippen LogP contribution in [0.3, 0.4) is 0 Å². The van der Waals surface area contributed by atoms with Crippen molar-refractivity contribution >= 4 is 17.8 Å². The third-order valence-corrected chi connectivity index (χ3v) is 2.88. The van der Waals surface area contributed by atoms with Gasteiger partial charge in [-0.15, -0.1) is 0 Å². The average molecular weight is 243 g/mol. The van der Waals surface area contributed by atoms with Gasteiger partial charge in [0.05, 0.1) is 0 Å². The maximum atomic E-state index is 6.08. The normalized spacial score (nSPS) is 12.8. The second-order valence-corrected chi connectivity index (χ2v) is 4.09. The van der Waals surface area contributed by atoms with Gasteiger partial charge < -0.3 is 11.2 Å². The van der Waals surface area contributed by atoms with Crippen molar-refractivity contribution < 1.29 is 0 Å². The fourth-order valence-electron chi connectivity index (χ4n) is 1.65. The molecule has 2 rings (SSSR count). The van der Waals surface area contributed by atoms with Crippen molar-refractivity contribution in [2.75, 3.05) is 0 Å². The van der Waals surface area contributed by atoms with Crippen LogP contribution in [0.15, 0.2) is 59.6 Å². The minimum atomic E-state index is -0.343. The Labute approximate surface area is 107 Å². The van der Waals surface area contributed by atoms with E-state index in [0.29, 0.717) is 0 Å². The molecule has 0 amide bonds. The van der Waals surface area contributed by atoms with E-state index < -0.39 is 0 Å². The van der Waals surface area contributed by atoms with Crippen LogP contribution in [0.2, 0.25) is 0 Å². The van der Waals surface area contributed by atoms with Gasteiger partial charge in [-0.2, -0.15) is 6.92 Å². The first-order valence-corrected chi connectivity index (χ1v) is 5.91. The van der Waals surface area contributed by atoms with Gasteiger partial charge in [0, 0.05) is 0 Å². The van der Waals surface area contributed by atoms with Crippen LogP contribution in [0.5, 0.6) is 0 Å². The fourth-order valence-corrected chi connectivity index (χ4v) is 1.90. The van der Waals surface area contributed by atoms with Crippen molar-refractivity contribution in [3.05, 3.63) is 60.2 Å². The van der Waals surface area contributed by atoms with Crippen LogP contribution in [0, 0.1) is 0 Å². The molecule has 2 aromatic rings. The van der Waals surface area contributed by atoms with E-state index in [1.165, 1.54) is 11.1 Å². The first-order valence-electron chi connectivity index (χ1n) is 5.47. The molecule has 0 saturated carbocycles. The Morgan fingerprint density at radius 2 is 1.53 bits per heavy atom. The molecule has 0 aliphatic carbocycles. The Bertz CT molecular complexity index is 488. The van der Waals surface area contributed by atoms with Crippen LogP contribution in [0.4, 0.5) is 0 Å². The number of aliphatic imine (C=N–C) groups is 1. The van der Waals surface area contributed by atoms with Crippen LogP contribution < -0.4 is 0 Å². The van der Waals surface area contributed by atoms with Crippen molar-refractivity contribution in [1.82, 2.24) is 0 Å². The zero-order valence-electron chi connectivity index (χ0n) is 9.60. The topological polar surface area (TPSA) is 12.4 Å². The Morgan fingerprint density at radius 3 is 2.12 bits per heavy atom. The molecule has 17 heavy (non-hydrogen) atoms. The largest absolute Gasteiger partial charge is 0.484 e. The second-order valence-electron chi connectivity index (χ2n) is 3.68. The van der Waals surface area contributed by atoms with E-state index in [1.807, 2.05) is 30.3 Å². The van der Waals surface area contributed by atoms with Crippen molar-refractivity contribution in [2.45, 2.75) is 12.4 Å². The molecule has 0 saturated heterocycles. The van der Waals surface area contributed by atoms with Crippen LogP contribution in [0.1, 0.15) is 18.0 Å². The van der Waals surface area contributed by atoms with Crippen molar-refractivity contribution in [2.24, 2.45) is 4.99 Å². The average Bonchev–Trinajstić information content (AvgIpc) is 2.40. The number of hydrogen-bond donors (Lipinski definition) is 0. The highest BCUT2D eigenvalue weighted by molar-refractivity contribution is 6.21. The van der Waals surface area contributed by atoms with E-state index in [9.17, 15) is 0 Å². The summed E-state index contributed by atoms with van der Waals surface area (Å²) in [5.74, 6) is 0. The highest BCUT2D eigenvalue weighted by Gasteiger charge is 2.02. The van der Waals surface area contributed by atoms with Crippen LogP contribution in [0.25, 0.3) is 11.1 Å². The van der Waals surface area contributed by atoms with Crippen molar-refractivity contribution in [3.8, 4) is 11.1 Å². The Balaban J connectivity index is 2.25. The summed E-state index contributed by atoms with van der Waals surface area (Å²) in [6.45, 7) is 1.74. The number of rotatable bonds is 3. The minimum absolute atomic E-state index is 0.343. The molecular weight excluding hydrogens is 230 g/mol. The van der Waals surface area contributed by atoms with Crippen LogP contribution in [-0.2, 0) is 0 Å². The molecule has 0 bridgehead atoms. The first-order chi connectivity index (χ1) is 8.31. The Morgan fingerprint density at radius 1 is 0.941 bits per heavy atom. The summed E-state index contributed by atoms with van der Waals surface area (Å²) in [5, 5.41) is 0. The molecule has 1 atom stereocenters. The quantitative estimate of drug-likeness (QED) is 0.324. The van der Waals surface area contributed by atoms with Gasteiger partial charge in [-0.05, 0) is 16.7 Å². The Kier molecular flexibility index (Phi) is 3.94. The predicted octanol–water partition coefficient (Wildman–Crippen LogP) is 4.56. The van der Waals surface area contributed by atoms with E-state index in [1.54, 1.807) is 6.92 Å². The fraction of sp³-hybridized carbons (Fsp3) is 0.133. The van der Waals surface area contributed by atoms with Crippen LogP contribution in [-0.4, -0.2) is 6.21 Å². The molecule has 0 fully saturated rings. The number of nitrogens with zero attached hydrogens (tertiary/aromatic N) is 1. The van der Waals surface area contributed by atoms with Gasteiger partial charge in [0.2, 0.25) is 0 Å². The van der Waals surface area contributed by atoms with E-state index in [2.05, 4.69) is 35.5 Å². The van der Waals surface area contributed by atoms with Gasteiger partial charge in [0.15, 0.2) is 0 Å². The van der Waals surface area contributed by atoms with Gasteiger partial charge in [-0.3, -0.25) is 0 Å². The van der Waals surface area contributed by atoms with E-state index in [0.717, 1.165) is 5.56 Å². The summed E-state index contributed by atoms with van der Waals surface area (Å²) in [5.41, 5.74) is 3.03. The van der Waals surface area contributed by atoms with Crippen molar-refractivity contribution in [1.29, 1.82) is 0 Å². The van der Waals surface area contributed by atoms with Crippen LogP contribution >= 0.6 is 11.6 Å². The lowest BCUT2D eigenvalue weighted by molar-refractivity contribution is 1.02. The van der Waals surface area contributed by atoms with E-state index in [4.69, 9.17) is 11.6 Å². The summed E-state index contributed by atoms with van der Waals surface area (Å²) in [7, 11) is 0. The third kappa shape index (κ3) is 2.95. The highest BCUT2D eigenvalue weighted by Crippen LogP contribution is 2.25. The van der Waals surface area contributed by atoms with Gasteiger partial charge in [-0.1, -0.05) is 66.2 Å².